The van der Waals surface area contributed by atoms with Crippen LogP contribution in [0, 0.1) is 0 Å². The monoisotopic (exact) mass is 195 g/mol. The van der Waals surface area contributed by atoms with Crippen LogP contribution < -0.4 is 5.32 Å². The van der Waals surface area contributed by atoms with E-state index in [1.54, 1.807) is 10.9 Å². The molecule has 0 bridgehead atoms. The Bertz CT molecular complexity index is 317. The van der Waals surface area contributed by atoms with E-state index in [-0.39, 0.29) is 5.91 Å². The molecule has 0 aliphatic heterocycles. The molecule has 14 heavy (non-hydrogen) atoms. The molecular formula is C10H17N3O. The summed E-state index contributed by atoms with van der Waals surface area (Å²) in [6.07, 6.45) is 3.55. The smallest absolute Gasteiger partial charge is 0.254 e. The maximum Gasteiger partial charge on any atom is 0.254 e. The molecule has 1 heterocycles. The molecule has 1 N–H and O–H groups in total. The van der Waals surface area contributed by atoms with Crippen molar-refractivity contribution in [3.63, 3.8) is 0 Å². The first-order valence-electron chi connectivity index (χ1n) is 4.99. The minimum absolute atomic E-state index is 0.0240. The number of hydrogen-bond acceptors (Lipinski definition) is 2. The third kappa shape index (κ3) is 2.13. The minimum Gasteiger partial charge on any atom is -0.352 e. The minimum atomic E-state index is -0.0240. The van der Waals surface area contributed by atoms with E-state index in [1.807, 2.05) is 14.0 Å². The zero-order valence-corrected chi connectivity index (χ0v) is 9.00. The van der Waals surface area contributed by atoms with E-state index < -0.39 is 0 Å². The number of hydrogen-bond donors (Lipinski definition) is 1. The average Bonchev–Trinajstić information content (AvgIpc) is 2.50. The van der Waals surface area contributed by atoms with Crippen molar-refractivity contribution in [1.29, 1.82) is 0 Å². The molecule has 0 unspecified atom stereocenters. The Hall–Kier alpha value is -1.32. The lowest BCUT2D eigenvalue weighted by molar-refractivity contribution is 0.0954. The van der Waals surface area contributed by atoms with Crippen LogP contribution in [0.1, 0.15) is 36.3 Å². The Morgan fingerprint density at radius 3 is 2.86 bits per heavy atom. The molecule has 0 atom stereocenters. The Morgan fingerprint density at radius 2 is 2.29 bits per heavy atom. The van der Waals surface area contributed by atoms with Gasteiger partial charge in [-0.15, -0.1) is 0 Å². The Balaban J connectivity index is 2.90. The summed E-state index contributed by atoms with van der Waals surface area (Å²) < 4.78 is 1.77. The van der Waals surface area contributed by atoms with Crippen LogP contribution in [0.15, 0.2) is 6.20 Å². The first-order valence-corrected chi connectivity index (χ1v) is 4.99. The number of nitrogens with zero attached hydrogens (tertiary/aromatic N) is 2. The summed E-state index contributed by atoms with van der Waals surface area (Å²) in [4.78, 5) is 11.6. The van der Waals surface area contributed by atoms with Crippen LogP contribution in [0.25, 0.3) is 0 Å². The fourth-order valence-corrected chi connectivity index (χ4v) is 1.44. The molecule has 0 radical (unpaired) electrons. The van der Waals surface area contributed by atoms with Gasteiger partial charge >= 0.3 is 0 Å². The fraction of sp³-hybridized carbons (Fsp3) is 0.600. The van der Waals surface area contributed by atoms with E-state index in [1.165, 1.54) is 0 Å². The van der Waals surface area contributed by atoms with Crippen LogP contribution in [-0.2, 0) is 13.5 Å². The van der Waals surface area contributed by atoms with Gasteiger partial charge in [-0.05, 0) is 13.3 Å². The summed E-state index contributed by atoms with van der Waals surface area (Å²) in [5.41, 5.74) is 1.72. The van der Waals surface area contributed by atoms with Crippen molar-refractivity contribution in [2.24, 2.45) is 7.05 Å². The molecule has 1 amide bonds. The van der Waals surface area contributed by atoms with E-state index in [0.717, 1.165) is 18.5 Å². The third-order valence-corrected chi connectivity index (χ3v) is 2.13. The summed E-state index contributed by atoms with van der Waals surface area (Å²) in [6.45, 7) is 4.65. The second-order valence-corrected chi connectivity index (χ2v) is 3.24. The highest BCUT2D eigenvalue weighted by molar-refractivity contribution is 5.95. The van der Waals surface area contributed by atoms with E-state index >= 15 is 0 Å². The lowest BCUT2D eigenvalue weighted by Crippen LogP contribution is -2.23. The average molecular weight is 195 g/mol. The quantitative estimate of drug-likeness (QED) is 0.782. The first kappa shape index (κ1) is 10.8. The Kier molecular flexibility index (Phi) is 3.68. The second kappa shape index (κ2) is 4.79. The number of carbonyl (C=O) groups is 1. The molecule has 0 fully saturated rings. The maximum atomic E-state index is 11.6. The van der Waals surface area contributed by atoms with Crippen LogP contribution in [0.4, 0.5) is 0 Å². The van der Waals surface area contributed by atoms with Crippen molar-refractivity contribution in [3.05, 3.63) is 17.5 Å². The predicted molar refractivity (Wildman–Crippen MR) is 55.2 cm³/mol. The Morgan fingerprint density at radius 1 is 1.57 bits per heavy atom. The lowest BCUT2D eigenvalue weighted by atomic mass is 10.1. The van der Waals surface area contributed by atoms with Gasteiger partial charge in [-0.2, -0.15) is 5.10 Å². The molecule has 4 nitrogen and oxygen atoms in total. The van der Waals surface area contributed by atoms with Crippen molar-refractivity contribution in [3.8, 4) is 0 Å². The van der Waals surface area contributed by atoms with Crippen LogP contribution >= 0.6 is 0 Å². The third-order valence-electron chi connectivity index (χ3n) is 2.13. The molecule has 0 aromatic carbocycles. The standard InChI is InChI=1S/C10H17N3O/c1-4-6-9-8(7-12-13(9)3)10(14)11-5-2/h7H,4-6H2,1-3H3,(H,11,14). The van der Waals surface area contributed by atoms with Crippen molar-refractivity contribution >= 4 is 5.91 Å². The van der Waals surface area contributed by atoms with Crippen LogP contribution in [-0.4, -0.2) is 22.2 Å². The summed E-state index contributed by atoms with van der Waals surface area (Å²) in [7, 11) is 1.87. The van der Waals surface area contributed by atoms with E-state index in [2.05, 4.69) is 17.3 Å². The number of rotatable bonds is 4. The van der Waals surface area contributed by atoms with Gasteiger partial charge in [0.2, 0.25) is 0 Å². The van der Waals surface area contributed by atoms with Crippen LogP contribution in [0.2, 0.25) is 0 Å². The van der Waals surface area contributed by atoms with E-state index in [9.17, 15) is 4.79 Å². The van der Waals surface area contributed by atoms with Gasteiger partial charge in [0.1, 0.15) is 0 Å². The molecule has 0 saturated carbocycles. The molecule has 1 rings (SSSR count). The fourth-order valence-electron chi connectivity index (χ4n) is 1.44. The zero-order chi connectivity index (χ0) is 10.6. The van der Waals surface area contributed by atoms with Crippen LogP contribution in [0.5, 0.6) is 0 Å². The number of carbonyl (C=O) groups excluding carboxylic acids is 1. The van der Waals surface area contributed by atoms with Crippen molar-refractivity contribution in [1.82, 2.24) is 15.1 Å². The number of aryl methyl sites for hydroxylation is 1. The molecule has 0 spiro atoms. The van der Waals surface area contributed by atoms with Gasteiger partial charge in [-0.3, -0.25) is 9.48 Å². The van der Waals surface area contributed by atoms with E-state index in [0.29, 0.717) is 12.1 Å². The van der Waals surface area contributed by atoms with Gasteiger partial charge in [0.15, 0.2) is 0 Å². The molecule has 0 aliphatic carbocycles. The summed E-state index contributed by atoms with van der Waals surface area (Å²) in [5.74, 6) is -0.0240. The molecule has 1 aromatic rings. The van der Waals surface area contributed by atoms with Gasteiger partial charge in [-0.1, -0.05) is 13.3 Å². The maximum absolute atomic E-state index is 11.6. The van der Waals surface area contributed by atoms with Crippen molar-refractivity contribution in [2.45, 2.75) is 26.7 Å². The lowest BCUT2D eigenvalue weighted by Gasteiger charge is -2.04. The van der Waals surface area contributed by atoms with Gasteiger partial charge in [0, 0.05) is 13.6 Å². The molecule has 78 valence electrons. The predicted octanol–water partition coefficient (Wildman–Crippen LogP) is 1.12. The Labute approximate surface area is 84.3 Å². The highest BCUT2D eigenvalue weighted by atomic mass is 16.1. The second-order valence-electron chi connectivity index (χ2n) is 3.24. The topological polar surface area (TPSA) is 46.9 Å². The molecular weight excluding hydrogens is 178 g/mol. The SMILES string of the molecule is CCCc1c(C(=O)NCC)cnn1C. The number of nitrogens with one attached hydrogen (secondary N) is 1. The molecule has 0 saturated heterocycles. The molecule has 0 aliphatic rings. The highest BCUT2D eigenvalue weighted by Gasteiger charge is 2.13. The van der Waals surface area contributed by atoms with Gasteiger partial charge in [0.25, 0.3) is 5.91 Å². The van der Waals surface area contributed by atoms with Crippen molar-refractivity contribution < 1.29 is 4.79 Å². The van der Waals surface area contributed by atoms with Gasteiger partial charge in [0.05, 0.1) is 17.5 Å². The first-order chi connectivity index (χ1) is 6.70. The van der Waals surface area contributed by atoms with Gasteiger partial charge in [-0.25, -0.2) is 0 Å². The zero-order valence-electron chi connectivity index (χ0n) is 9.00. The van der Waals surface area contributed by atoms with E-state index in [4.69, 9.17) is 0 Å². The summed E-state index contributed by atoms with van der Waals surface area (Å²) >= 11 is 0. The normalized spacial score (nSPS) is 10.2. The molecule has 1 aromatic heterocycles. The van der Waals surface area contributed by atoms with Gasteiger partial charge < -0.3 is 5.32 Å². The number of aromatic nitrogens is 2. The van der Waals surface area contributed by atoms with Crippen molar-refractivity contribution in [2.75, 3.05) is 6.54 Å². The summed E-state index contributed by atoms with van der Waals surface area (Å²) in [5, 5.41) is 6.88. The molecule has 4 heteroatoms. The summed E-state index contributed by atoms with van der Waals surface area (Å²) in [6, 6.07) is 0. The number of amides is 1. The largest absolute Gasteiger partial charge is 0.352 e. The van der Waals surface area contributed by atoms with Crippen LogP contribution in [0.3, 0.4) is 0 Å². The highest BCUT2D eigenvalue weighted by Crippen LogP contribution is 2.09.